The van der Waals surface area contributed by atoms with Crippen molar-refractivity contribution in [1.29, 1.82) is 0 Å². The summed E-state index contributed by atoms with van der Waals surface area (Å²) >= 11 is 1.42. The molecule has 0 unspecified atom stereocenters. The van der Waals surface area contributed by atoms with Crippen LogP contribution < -0.4 is 14.8 Å². The number of hydrogen-bond donors (Lipinski definition) is 1. The van der Waals surface area contributed by atoms with Gasteiger partial charge in [-0.1, -0.05) is 6.07 Å². The lowest BCUT2D eigenvalue weighted by molar-refractivity contribution is -0.148. The molecule has 1 aliphatic rings. The van der Waals surface area contributed by atoms with E-state index >= 15 is 0 Å². The van der Waals surface area contributed by atoms with Crippen LogP contribution in [0.1, 0.15) is 24.9 Å². The molecule has 0 radical (unpaired) electrons. The Labute approximate surface area is 172 Å². The molecule has 0 aromatic heterocycles. The SMILES string of the molecule is C[C@H](NC(=O)COC(=O)CCSc1ccc(F)cc1)c1ccc2c(c1)OCCO2. The maximum atomic E-state index is 12.9. The van der Waals surface area contributed by atoms with Crippen LogP contribution in [0.25, 0.3) is 0 Å². The maximum Gasteiger partial charge on any atom is 0.307 e. The third-order valence-electron chi connectivity index (χ3n) is 4.20. The molecule has 2 aromatic carbocycles. The molecule has 1 N–H and O–H groups in total. The van der Waals surface area contributed by atoms with E-state index in [0.717, 1.165) is 10.5 Å². The average molecular weight is 419 g/mol. The normalized spacial score (nSPS) is 13.4. The van der Waals surface area contributed by atoms with Gasteiger partial charge < -0.3 is 19.5 Å². The first-order valence-electron chi connectivity index (χ1n) is 9.24. The Bertz CT molecular complexity index is 859. The topological polar surface area (TPSA) is 73.9 Å². The van der Waals surface area contributed by atoms with Gasteiger partial charge in [-0.2, -0.15) is 0 Å². The minimum atomic E-state index is -0.457. The molecule has 0 fully saturated rings. The smallest absolute Gasteiger partial charge is 0.307 e. The van der Waals surface area contributed by atoms with Gasteiger partial charge in [0.1, 0.15) is 19.0 Å². The molecule has 1 aliphatic heterocycles. The van der Waals surface area contributed by atoms with Gasteiger partial charge in [0.15, 0.2) is 18.1 Å². The summed E-state index contributed by atoms with van der Waals surface area (Å²) in [5, 5.41) is 2.79. The van der Waals surface area contributed by atoms with Crippen molar-refractivity contribution in [1.82, 2.24) is 5.32 Å². The van der Waals surface area contributed by atoms with Crippen molar-refractivity contribution in [2.45, 2.75) is 24.3 Å². The predicted molar refractivity (Wildman–Crippen MR) is 107 cm³/mol. The summed E-state index contributed by atoms with van der Waals surface area (Å²) in [5.41, 5.74) is 0.865. The highest BCUT2D eigenvalue weighted by Gasteiger charge is 2.16. The van der Waals surface area contributed by atoms with Gasteiger partial charge in [-0.3, -0.25) is 9.59 Å². The van der Waals surface area contributed by atoms with Gasteiger partial charge in [0.25, 0.3) is 5.91 Å². The summed E-state index contributed by atoms with van der Waals surface area (Å²) in [6.45, 7) is 2.51. The number of carbonyl (C=O) groups excluding carboxylic acids is 2. The van der Waals surface area contributed by atoms with Crippen LogP contribution in [0.3, 0.4) is 0 Å². The quantitative estimate of drug-likeness (QED) is 0.522. The van der Waals surface area contributed by atoms with Crippen LogP contribution in [0.4, 0.5) is 4.39 Å². The fourth-order valence-corrected chi connectivity index (χ4v) is 3.53. The van der Waals surface area contributed by atoms with Gasteiger partial charge >= 0.3 is 5.97 Å². The first-order valence-corrected chi connectivity index (χ1v) is 10.2. The molecular weight excluding hydrogens is 397 g/mol. The number of amides is 1. The van der Waals surface area contributed by atoms with Gasteiger partial charge in [0.2, 0.25) is 0 Å². The highest BCUT2D eigenvalue weighted by atomic mass is 32.2. The summed E-state index contributed by atoms with van der Waals surface area (Å²) in [4.78, 5) is 24.7. The average Bonchev–Trinajstić information content (AvgIpc) is 2.73. The lowest BCUT2D eigenvalue weighted by atomic mass is 10.1. The maximum absolute atomic E-state index is 12.9. The lowest BCUT2D eigenvalue weighted by Gasteiger charge is -2.21. The Morgan fingerprint density at radius 2 is 1.86 bits per heavy atom. The van der Waals surface area contributed by atoms with E-state index in [2.05, 4.69) is 5.32 Å². The monoisotopic (exact) mass is 419 g/mol. The Kier molecular flexibility index (Phi) is 7.35. The molecule has 0 aliphatic carbocycles. The van der Waals surface area contributed by atoms with E-state index in [1.54, 1.807) is 12.1 Å². The van der Waals surface area contributed by atoms with Crippen LogP contribution in [-0.4, -0.2) is 37.4 Å². The molecular formula is C21H22FNO5S. The van der Waals surface area contributed by atoms with Crippen LogP contribution >= 0.6 is 11.8 Å². The Hall–Kier alpha value is -2.74. The summed E-state index contributed by atoms with van der Waals surface area (Å²) in [6, 6.07) is 11.3. The van der Waals surface area contributed by atoms with Gasteiger partial charge in [-0.15, -0.1) is 11.8 Å². The number of hydrogen-bond acceptors (Lipinski definition) is 6. The second-order valence-corrected chi connectivity index (χ2v) is 7.57. The molecule has 2 aromatic rings. The molecule has 0 bridgehead atoms. The Morgan fingerprint density at radius 3 is 2.62 bits per heavy atom. The van der Waals surface area contributed by atoms with Gasteiger partial charge in [-0.05, 0) is 48.9 Å². The molecule has 6 nitrogen and oxygen atoms in total. The predicted octanol–water partition coefficient (Wildman–Crippen LogP) is 3.50. The molecule has 0 saturated heterocycles. The Balaban J connectivity index is 1.37. The first-order chi connectivity index (χ1) is 14.0. The molecule has 1 heterocycles. The summed E-state index contributed by atoms with van der Waals surface area (Å²) < 4.78 is 28.9. The standard InChI is InChI=1S/C21H22FNO5S/c1-14(15-2-7-18-19(12-15)27-10-9-26-18)23-20(24)13-28-21(25)8-11-29-17-5-3-16(22)4-6-17/h2-7,12,14H,8-11,13H2,1H3,(H,23,24)/t14-/m0/s1. The molecule has 29 heavy (non-hydrogen) atoms. The van der Waals surface area contributed by atoms with E-state index in [-0.39, 0.29) is 30.8 Å². The van der Waals surface area contributed by atoms with E-state index in [4.69, 9.17) is 14.2 Å². The van der Waals surface area contributed by atoms with Crippen LogP contribution in [0.2, 0.25) is 0 Å². The number of carbonyl (C=O) groups is 2. The number of benzene rings is 2. The molecule has 8 heteroatoms. The zero-order valence-corrected chi connectivity index (χ0v) is 16.8. The van der Waals surface area contributed by atoms with Crippen LogP contribution in [0.5, 0.6) is 11.5 Å². The second-order valence-electron chi connectivity index (χ2n) is 6.41. The molecule has 3 rings (SSSR count). The highest BCUT2D eigenvalue weighted by Crippen LogP contribution is 2.32. The summed E-state index contributed by atoms with van der Waals surface area (Å²) in [7, 11) is 0. The molecule has 154 valence electrons. The number of ether oxygens (including phenoxy) is 3. The summed E-state index contributed by atoms with van der Waals surface area (Å²) in [5.74, 6) is 0.685. The number of halogens is 1. The van der Waals surface area contributed by atoms with Crippen molar-refractivity contribution in [3.8, 4) is 11.5 Å². The number of thioether (sulfide) groups is 1. The van der Waals surface area contributed by atoms with Crippen molar-refractivity contribution in [3.05, 3.63) is 53.8 Å². The van der Waals surface area contributed by atoms with Crippen LogP contribution in [-0.2, 0) is 14.3 Å². The Morgan fingerprint density at radius 1 is 1.14 bits per heavy atom. The largest absolute Gasteiger partial charge is 0.486 e. The van der Waals surface area contributed by atoms with Gasteiger partial charge in [0.05, 0.1) is 12.5 Å². The number of fused-ring (bicyclic) bond motifs is 1. The zero-order chi connectivity index (χ0) is 20.6. The van der Waals surface area contributed by atoms with Crippen LogP contribution in [0.15, 0.2) is 47.4 Å². The molecule has 1 atom stereocenters. The van der Waals surface area contributed by atoms with E-state index in [1.165, 1.54) is 23.9 Å². The van der Waals surface area contributed by atoms with E-state index in [1.807, 2.05) is 25.1 Å². The molecule has 1 amide bonds. The fraction of sp³-hybridized carbons (Fsp3) is 0.333. The van der Waals surface area contributed by atoms with Gasteiger partial charge in [0, 0.05) is 10.6 Å². The van der Waals surface area contributed by atoms with Crippen molar-refractivity contribution < 1.29 is 28.2 Å². The second kappa shape index (κ2) is 10.2. The third-order valence-corrected chi connectivity index (χ3v) is 5.21. The third kappa shape index (κ3) is 6.39. The highest BCUT2D eigenvalue weighted by molar-refractivity contribution is 7.99. The van der Waals surface area contributed by atoms with Crippen molar-refractivity contribution in [3.63, 3.8) is 0 Å². The fourth-order valence-electron chi connectivity index (χ4n) is 2.70. The first kappa shape index (κ1) is 21.0. The van der Waals surface area contributed by atoms with Crippen molar-refractivity contribution in [2.75, 3.05) is 25.6 Å². The number of nitrogens with one attached hydrogen (secondary N) is 1. The molecule has 0 saturated carbocycles. The minimum absolute atomic E-state index is 0.160. The minimum Gasteiger partial charge on any atom is -0.486 e. The van der Waals surface area contributed by atoms with E-state index in [0.29, 0.717) is 30.5 Å². The lowest BCUT2D eigenvalue weighted by Crippen LogP contribution is -2.31. The van der Waals surface area contributed by atoms with Crippen molar-refractivity contribution >= 4 is 23.6 Å². The molecule has 0 spiro atoms. The van der Waals surface area contributed by atoms with Crippen LogP contribution in [0, 0.1) is 5.82 Å². The zero-order valence-electron chi connectivity index (χ0n) is 16.0. The van der Waals surface area contributed by atoms with Gasteiger partial charge in [-0.25, -0.2) is 4.39 Å². The number of esters is 1. The summed E-state index contributed by atoms with van der Waals surface area (Å²) in [6.07, 6.45) is 0.160. The van der Waals surface area contributed by atoms with Crippen molar-refractivity contribution in [2.24, 2.45) is 0 Å². The number of rotatable bonds is 8. The van der Waals surface area contributed by atoms with E-state index in [9.17, 15) is 14.0 Å². The van der Waals surface area contributed by atoms with E-state index < -0.39 is 5.97 Å².